The molecule has 4 heterocycles. The van der Waals surface area contributed by atoms with E-state index in [2.05, 4.69) is 56.0 Å². The number of nitrogens with zero attached hydrogens (tertiary/aromatic N) is 5. The number of piperidine rings is 2. The van der Waals surface area contributed by atoms with Crippen molar-refractivity contribution in [3.63, 3.8) is 0 Å². The summed E-state index contributed by atoms with van der Waals surface area (Å²) in [6.45, 7) is 1.66. The van der Waals surface area contributed by atoms with E-state index >= 15 is 0 Å². The lowest BCUT2D eigenvalue weighted by atomic mass is 9.69. The molecule has 8 nitrogen and oxygen atoms in total. The molecular weight excluding hydrogens is 466 g/mol. The Labute approximate surface area is 208 Å². The molecule has 3 atom stereocenters. The van der Waals surface area contributed by atoms with Gasteiger partial charge < -0.3 is 20.1 Å². The first-order chi connectivity index (χ1) is 17.1. The summed E-state index contributed by atoms with van der Waals surface area (Å²) in [5, 5.41) is 23.4. The number of rotatable bonds is 6. The van der Waals surface area contributed by atoms with E-state index in [0.717, 1.165) is 25.0 Å². The molecular formula is C26H30F2N6O2. The Kier molecular flexibility index (Phi) is 6.23. The fourth-order valence-electron chi connectivity index (χ4n) is 5.82. The van der Waals surface area contributed by atoms with Gasteiger partial charge in [-0.2, -0.15) is 8.78 Å². The van der Waals surface area contributed by atoms with Crippen molar-refractivity contribution in [1.29, 1.82) is 0 Å². The third-order valence-electron chi connectivity index (χ3n) is 7.41. The molecule has 2 aliphatic rings. The summed E-state index contributed by atoms with van der Waals surface area (Å²) in [7, 11) is 2.07. The van der Waals surface area contributed by atoms with Crippen molar-refractivity contribution in [2.75, 3.05) is 11.9 Å². The van der Waals surface area contributed by atoms with E-state index < -0.39 is 6.61 Å². The molecule has 0 amide bonds. The van der Waals surface area contributed by atoms with E-state index in [-0.39, 0.29) is 22.7 Å². The number of ether oxygens (including phenoxy) is 1. The highest BCUT2D eigenvalue weighted by Gasteiger charge is 2.46. The SMILES string of the molecule is CN(c1ccc(-c2ccc(-c3cc(OC(F)F)ncn3)cc2O)nn1)C1C[C@]2(C)CCC[C@](C)(C1)N2. The summed E-state index contributed by atoms with van der Waals surface area (Å²) in [6, 6.07) is 10.3. The van der Waals surface area contributed by atoms with Crippen LogP contribution in [0, 0.1) is 0 Å². The minimum atomic E-state index is -2.98. The maximum atomic E-state index is 12.5. The third kappa shape index (κ3) is 4.95. The number of phenolic OH excluding ortho intramolecular Hbond substituents is 1. The van der Waals surface area contributed by atoms with E-state index in [1.54, 1.807) is 12.1 Å². The fraction of sp³-hybridized carbons (Fsp3) is 0.462. The minimum Gasteiger partial charge on any atom is -0.507 e. The lowest BCUT2D eigenvalue weighted by molar-refractivity contribution is -0.0528. The Hall–Kier alpha value is -3.40. The molecule has 0 spiro atoms. The van der Waals surface area contributed by atoms with Crippen LogP contribution >= 0.6 is 0 Å². The Morgan fingerprint density at radius 2 is 1.78 bits per heavy atom. The average Bonchev–Trinajstić information content (AvgIpc) is 2.82. The number of anilines is 1. The molecule has 1 aromatic carbocycles. The zero-order valence-corrected chi connectivity index (χ0v) is 20.6. The summed E-state index contributed by atoms with van der Waals surface area (Å²) in [4.78, 5) is 9.97. The van der Waals surface area contributed by atoms with Crippen LogP contribution in [0.3, 0.4) is 0 Å². The topological polar surface area (TPSA) is 96.3 Å². The number of aromatic nitrogens is 4. The van der Waals surface area contributed by atoms with Crippen LogP contribution in [0.15, 0.2) is 42.7 Å². The number of fused-ring (bicyclic) bond motifs is 2. The monoisotopic (exact) mass is 496 g/mol. The van der Waals surface area contributed by atoms with Gasteiger partial charge in [-0.25, -0.2) is 9.97 Å². The number of benzene rings is 1. The molecule has 2 fully saturated rings. The van der Waals surface area contributed by atoms with Gasteiger partial charge in [-0.15, -0.1) is 10.2 Å². The van der Waals surface area contributed by atoms with Crippen LogP contribution < -0.4 is 15.0 Å². The number of alkyl halides is 2. The first-order valence-corrected chi connectivity index (χ1v) is 12.1. The first kappa shape index (κ1) is 24.3. The van der Waals surface area contributed by atoms with Crippen molar-refractivity contribution >= 4 is 5.82 Å². The molecule has 0 saturated carbocycles. The zero-order chi connectivity index (χ0) is 25.5. The number of nitrogens with one attached hydrogen (secondary N) is 1. The summed E-state index contributed by atoms with van der Waals surface area (Å²) in [6.07, 6.45) is 6.87. The van der Waals surface area contributed by atoms with Gasteiger partial charge in [-0.05, 0) is 70.2 Å². The predicted molar refractivity (Wildman–Crippen MR) is 132 cm³/mol. The number of aromatic hydroxyl groups is 1. The summed E-state index contributed by atoms with van der Waals surface area (Å²) >= 11 is 0. The van der Waals surface area contributed by atoms with Gasteiger partial charge in [0.25, 0.3) is 0 Å². The second kappa shape index (κ2) is 9.24. The molecule has 36 heavy (non-hydrogen) atoms. The zero-order valence-electron chi connectivity index (χ0n) is 20.6. The average molecular weight is 497 g/mol. The summed E-state index contributed by atoms with van der Waals surface area (Å²) in [5.41, 5.74) is 2.19. The standard InChI is InChI=1S/C26H30F2N6O2/c1-25-9-4-10-26(2,33-25)14-17(13-25)34(3)22-8-7-19(31-32-22)18-6-5-16(11-21(18)35)20-12-23(30-15-29-20)36-24(27)28/h5-8,11-12,15,17,24,33,35H,4,9-10,13-14H2,1-3H3/t17?,25-,26+. The number of hydrogen-bond donors (Lipinski definition) is 2. The van der Waals surface area contributed by atoms with Crippen LogP contribution in [-0.2, 0) is 0 Å². The molecule has 5 rings (SSSR count). The van der Waals surface area contributed by atoms with E-state index in [9.17, 15) is 13.9 Å². The Morgan fingerprint density at radius 3 is 2.42 bits per heavy atom. The molecule has 3 aromatic rings. The predicted octanol–water partition coefficient (Wildman–Crippen LogP) is 4.80. The molecule has 2 aromatic heterocycles. The molecule has 190 valence electrons. The molecule has 2 saturated heterocycles. The Morgan fingerprint density at radius 1 is 1.03 bits per heavy atom. The second-order valence-electron chi connectivity index (χ2n) is 10.4. The number of halogens is 2. The van der Waals surface area contributed by atoms with Crippen molar-refractivity contribution in [3.8, 4) is 34.1 Å². The summed E-state index contributed by atoms with van der Waals surface area (Å²) < 4.78 is 29.3. The van der Waals surface area contributed by atoms with Crippen molar-refractivity contribution in [1.82, 2.24) is 25.5 Å². The second-order valence-corrected chi connectivity index (χ2v) is 10.4. The van der Waals surface area contributed by atoms with E-state index in [4.69, 9.17) is 0 Å². The first-order valence-electron chi connectivity index (χ1n) is 12.1. The fourth-order valence-corrected chi connectivity index (χ4v) is 5.82. The van der Waals surface area contributed by atoms with Gasteiger partial charge in [0, 0.05) is 41.4 Å². The van der Waals surface area contributed by atoms with E-state index in [1.165, 1.54) is 31.4 Å². The normalized spacial score (nSPS) is 25.6. The quantitative estimate of drug-likeness (QED) is 0.503. The van der Waals surface area contributed by atoms with Gasteiger partial charge in [0.2, 0.25) is 5.88 Å². The van der Waals surface area contributed by atoms with E-state index in [0.29, 0.717) is 28.6 Å². The Balaban J connectivity index is 1.33. The van der Waals surface area contributed by atoms with Crippen molar-refractivity contribution in [3.05, 3.63) is 42.7 Å². The van der Waals surface area contributed by atoms with Gasteiger partial charge in [-0.1, -0.05) is 6.07 Å². The summed E-state index contributed by atoms with van der Waals surface area (Å²) in [5.74, 6) is 0.522. The largest absolute Gasteiger partial charge is 0.507 e. The maximum Gasteiger partial charge on any atom is 0.388 e. The highest BCUT2D eigenvalue weighted by atomic mass is 19.3. The molecule has 0 radical (unpaired) electrons. The smallest absolute Gasteiger partial charge is 0.388 e. The molecule has 2 bridgehead atoms. The van der Waals surface area contributed by atoms with Gasteiger partial charge in [0.05, 0.1) is 11.4 Å². The Bertz CT molecular complexity index is 1230. The van der Waals surface area contributed by atoms with Crippen LogP contribution in [0.2, 0.25) is 0 Å². The van der Waals surface area contributed by atoms with Crippen LogP contribution in [-0.4, -0.2) is 56.1 Å². The molecule has 1 unspecified atom stereocenters. The minimum absolute atomic E-state index is 0.0233. The van der Waals surface area contributed by atoms with Gasteiger partial charge in [0.15, 0.2) is 5.82 Å². The van der Waals surface area contributed by atoms with Crippen LogP contribution in [0.4, 0.5) is 14.6 Å². The van der Waals surface area contributed by atoms with Gasteiger partial charge in [-0.3, -0.25) is 0 Å². The van der Waals surface area contributed by atoms with Crippen LogP contribution in [0.1, 0.15) is 46.0 Å². The number of hydrogen-bond acceptors (Lipinski definition) is 8. The van der Waals surface area contributed by atoms with Crippen molar-refractivity contribution < 1.29 is 18.6 Å². The lowest BCUT2D eigenvalue weighted by Gasteiger charge is -2.55. The third-order valence-corrected chi connectivity index (χ3v) is 7.41. The van der Waals surface area contributed by atoms with Crippen molar-refractivity contribution in [2.45, 2.75) is 69.7 Å². The highest BCUT2D eigenvalue weighted by molar-refractivity contribution is 5.73. The molecule has 0 aliphatic carbocycles. The van der Waals surface area contributed by atoms with Crippen LogP contribution in [0.5, 0.6) is 11.6 Å². The van der Waals surface area contributed by atoms with Gasteiger partial charge >= 0.3 is 6.61 Å². The van der Waals surface area contributed by atoms with Gasteiger partial charge in [0.1, 0.15) is 12.1 Å². The number of phenols is 1. The van der Waals surface area contributed by atoms with Crippen LogP contribution in [0.25, 0.3) is 22.5 Å². The highest BCUT2D eigenvalue weighted by Crippen LogP contribution is 2.42. The molecule has 2 aliphatic heterocycles. The lowest BCUT2D eigenvalue weighted by Crippen LogP contribution is -2.66. The maximum absolute atomic E-state index is 12.5. The van der Waals surface area contributed by atoms with Crippen molar-refractivity contribution in [2.24, 2.45) is 0 Å². The molecule has 2 N–H and O–H groups in total. The van der Waals surface area contributed by atoms with E-state index in [1.807, 2.05) is 12.1 Å². The molecule has 10 heteroatoms.